The average Bonchev–Trinajstić information content (AvgIpc) is 2.47. The van der Waals surface area contributed by atoms with E-state index in [2.05, 4.69) is 79.5 Å². The van der Waals surface area contributed by atoms with Crippen LogP contribution in [-0.2, 0) is 5.41 Å². The second-order valence-electron chi connectivity index (χ2n) is 6.69. The van der Waals surface area contributed by atoms with Crippen molar-refractivity contribution in [2.75, 3.05) is 10.6 Å². The van der Waals surface area contributed by atoms with Gasteiger partial charge in [0, 0.05) is 17.8 Å². The summed E-state index contributed by atoms with van der Waals surface area (Å²) in [5.74, 6) is 1.64. The summed E-state index contributed by atoms with van der Waals surface area (Å²) in [6, 6.07) is 10.8. The van der Waals surface area contributed by atoms with Crippen molar-refractivity contribution >= 4 is 17.3 Å². The van der Waals surface area contributed by atoms with E-state index in [0.29, 0.717) is 6.04 Å². The Hall–Kier alpha value is -2.10. The minimum Gasteiger partial charge on any atom is -0.367 e. The van der Waals surface area contributed by atoms with Gasteiger partial charge in [-0.1, -0.05) is 39.8 Å². The normalized spacial score (nSPS) is 12.8. The summed E-state index contributed by atoms with van der Waals surface area (Å²) in [6.07, 6.45) is 2.64. The van der Waals surface area contributed by atoms with Crippen LogP contribution in [0.4, 0.5) is 17.3 Å². The molecule has 1 unspecified atom stereocenters. The SMILES string of the molecule is CCC(C)Nc1cc(Nc2ccc(C(C)(C)C)cc2)ncn1. The first-order valence-corrected chi connectivity index (χ1v) is 7.84. The van der Waals surface area contributed by atoms with E-state index in [9.17, 15) is 0 Å². The molecular weight excluding hydrogens is 272 g/mol. The van der Waals surface area contributed by atoms with Crippen LogP contribution in [0.3, 0.4) is 0 Å². The van der Waals surface area contributed by atoms with Crippen molar-refractivity contribution in [1.29, 1.82) is 0 Å². The van der Waals surface area contributed by atoms with E-state index in [1.807, 2.05) is 6.07 Å². The van der Waals surface area contributed by atoms with Gasteiger partial charge in [-0.2, -0.15) is 0 Å². The summed E-state index contributed by atoms with van der Waals surface area (Å²) in [7, 11) is 0. The molecular formula is C18H26N4. The van der Waals surface area contributed by atoms with Crippen molar-refractivity contribution in [3.05, 3.63) is 42.2 Å². The van der Waals surface area contributed by atoms with Crippen LogP contribution in [0.25, 0.3) is 0 Å². The second-order valence-corrected chi connectivity index (χ2v) is 6.69. The number of nitrogens with one attached hydrogen (secondary N) is 2. The molecule has 0 radical (unpaired) electrons. The lowest BCUT2D eigenvalue weighted by Crippen LogP contribution is -2.14. The number of rotatable bonds is 5. The van der Waals surface area contributed by atoms with E-state index >= 15 is 0 Å². The quantitative estimate of drug-likeness (QED) is 0.838. The summed E-state index contributed by atoms with van der Waals surface area (Å²) in [6.45, 7) is 10.9. The standard InChI is InChI=1S/C18H26N4/c1-6-13(2)21-16-11-17(20-12-19-16)22-15-9-7-14(8-10-15)18(3,4)5/h7-13H,6H2,1-5H3,(H2,19,20,21,22). The molecule has 0 spiro atoms. The third-order valence-corrected chi connectivity index (χ3v) is 3.70. The van der Waals surface area contributed by atoms with Gasteiger partial charge in [-0.3, -0.25) is 0 Å². The van der Waals surface area contributed by atoms with Crippen LogP contribution in [0.15, 0.2) is 36.7 Å². The van der Waals surface area contributed by atoms with E-state index in [1.54, 1.807) is 6.33 Å². The maximum atomic E-state index is 4.28. The Morgan fingerprint density at radius 2 is 1.68 bits per heavy atom. The van der Waals surface area contributed by atoms with Gasteiger partial charge >= 0.3 is 0 Å². The molecule has 2 rings (SSSR count). The Morgan fingerprint density at radius 3 is 2.27 bits per heavy atom. The summed E-state index contributed by atoms with van der Waals surface area (Å²) < 4.78 is 0. The predicted molar refractivity (Wildman–Crippen MR) is 93.8 cm³/mol. The van der Waals surface area contributed by atoms with Crippen LogP contribution in [0.1, 0.15) is 46.6 Å². The highest BCUT2D eigenvalue weighted by Crippen LogP contribution is 2.24. The van der Waals surface area contributed by atoms with E-state index in [0.717, 1.165) is 23.7 Å². The molecule has 0 aliphatic rings. The van der Waals surface area contributed by atoms with Gasteiger partial charge in [-0.15, -0.1) is 0 Å². The summed E-state index contributed by atoms with van der Waals surface area (Å²) in [4.78, 5) is 8.53. The van der Waals surface area contributed by atoms with Crippen molar-refractivity contribution in [1.82, 2.24) is 9.97 Å². The van der Waals surface area contributed by atoms with E-state index in [-0.39, 0.29) is 5.41 Å². The van der Waals surface area contributed by atoms with Gasteiger partial charge in [0.15, 0.2) is 0 Å². The zero-order chi connectivity index (χ0) is 16.2. The molecule has 118 valence electrons. The number of anilines is 3. The Labute approximate surface area is 133 Å². The maximum absolute atomic E-state index is 4.28. The first-order valence-electron chi connectivity index (χ1n) is 7.84. The first-order chi connectivity index (χ1) is 10.4. The number of hydrogen-bond donors (Lipinski definition) is 2. The largest absolute Gasteiger partial charge is 0.367 e. The fourth-order valence-electron chi connectivity index (χ4n) is 2.06. The van der Waals surface area contributed by atoms with Gasteiger partial charge in [-0.25, -0.2) is 9.97 Å². The van der Waals surface area contributed by atoms with Crippen molar-refractivity contribution in [2.24, 2.45) is 0 Å². The zero-order valence-corrected chi connectivity index (χ0v) is 14.1. The molecule has 2 N–H and O–H groups in total. The van der Waals surface area contributed by atoms with Crippen LogP contribution in [-0.4, -0.2) is 16.0 Å². The fraction of sp³-hybridized carbons (Fsp3) is 0.444. The lowest BCUT2D eigenvalue weighted by atomic mass is 9.87. The van der Waals surface area contributed by atoms with E-state index in [1.165, 1.54) is 5.56 Å². The second kappa shape index (κ2) is 6.77. The molecule has 0 saturated heterocycles. The minimum atomic E-state index is 0.167. The molecule has 0 saturated carbocycles. The van der Waals surface area contributed by atoms with Crippen LogP contribution in [0, 0.1) is 0 Å². The molecule has 4 heteroatoms. The summed E-state index contributed by atoms with van der Waals surface area (Å²) in [5.41, 5.74) is 2.52. The number of aromatic nitrogens is 2. The lowest BCUT2D eigenvalue weighted by molar-refractivity contribution is 0.590. The molecule has 0 fully saturated rings. The molecule has 0 amide bonds. The molecule has 1 atom stereocenters. The lowest BCUT2D eigenvalue weighted by Gasteiger charge is -2.19. The molecule has 1 heterocycles. The van der Waals surface area contributed by atoms with Gasteiger partial charge in [0.25, 0.3) is 0 Å². The first kappa shape index (κ1) is 16.3. The minimum absolute atomic E-state index is 0.167. The third-order valence-electron chi connectivity index (χ3n) is 3.70. The Balaban J connectivity index is 2.09. The topological polar surface area (TPSA) is 49.8 Å². The third kappa shape index (κ3) is 4.45. The highest BCUT2D eigenvalue weighted by molar-refractivity contribution is 5.59. The zero-order valence-electron chi connectivity index (χ0n) is 14.1. The van der Waals surface area contributed by atoms with Crippen LogP contribution < -0.4 is 10.6 Å². The molecule has 2 aromatic rings. The fourth-order valence-corrected chi connectivity index (χ4v) is 2.06. The van der Waals surface area contributed by atoms with Gasteiger partial charge in [-0.05, 0) is 36.5 Å². The van der Waals surface area contributed by atoms with Gasteiger partial charge in [0.1, 0.15) is 18.0 Å². The predicted octanol–water partition coefficient (Wildman–Crippen LogP) is 4.73. The highest BCUT2D eigenvalue weighted by Gasteiger charge is 2.12. The van der Waals surface area contributed by atoms with Crippen molar-refractivity contribution in [3.63, 3.8) is 0 Å². The number of nitrogens with zero attached hydrogens (tertiary/aromatic N) is 2. The van der Waals surface area contributed by atoms with Crippen molar-refractivity contribution in [3.8, 4) is 0 Å². The van der Waals surface area contributed by atoms with Crippen LogP contribution in [0.2, 0.25) is 0 Å². The summed E-state index contributed by atoms with van der Waals surface area (Å²) in [5, 5.41) is 6.68. The van der Waals surface area contributed by atoms with Gasteiger partial charge in [0.05, 0.1) is 0 Å². The van der Waals surface area contributed by atoms with Crippen molar-refractivity contribution < 1.29 is 0 Å². The van der Waals surface area contributed by atoms with Crippen LogP contribution >= 0.6 is 0 Å². The number of benzene rings is 1. The molecule has 0 aliphatic carbocycles. The Kier molecular flexibility index (Phi) is 5.01. The Morgan fingerprint density at radius 1 is 1.05 bits per heavy atom. The van der Waals surface area contributed by atoms with Crippen molar-refractivity contribution in [2.45, 2.75) is 52.5 Å². The van der Waals surface area contributed by atoms with Gasteiger partial charge < -0.3 is 10.6 Å². The highest BCUT2D eigenvalue weighted by atomic mass is 15.1. The van der Waals surface area contributed by atoms with Gasteiger partial charge in [0.2, 0.25) is 0 Å². The molecule has 1 aromatic heterocycles. The smallest absolute Gasteiger partial charge is 0.135 e. The molecule has 0 aliphatic heterocycles. The van der Waals surface area contributed by atoms with E-state index < -0.39 is 0 Å². The Bertz CT molecular complexity index is 599. The molecule has 22 heavy (non-hydrogen) atoms. The van der Waals surface area contributed by atoms with Crippen LogP contribution in [0.5, 0.6) is 0 Å². The average molecular weight is 298 g/mol. The molecule has 0 bridgehead atoms. The summed E-state index contributed by atoms with van der Waals surface area (Å²) >= 11 is 0. The monoisotopic (exact) mass is 298 g/mol. The maximum Gasteiger partial charge on any atom is 0.135 e. The molecule has 4 nitrogen and oxygen atoms in total. The molecule has 1 aromatic carbocycles. The van der Waals surface area contributed by atoms with E-state index in [4.69, 9.17) is 0 Å². The number of hydrogen-bond acceptors (Lipinski definition) is 4.